The van der Waals surface area contributed by atoms with Gasteiger partial charge in [0.25, 0.3) is 5.91 Å². The fraction of sp³-hybridized carbons (Fsp3) is 0.500. The molecule has 1 aliphatic heterocycles. The van der Waals surface area contributed by atoms with E-state index in [2.05, 4.69) is 5.10 Å². The van der Waals surface area contributed by atoms with Crippen molar-refractivity contribution in [3.63, 3.8) is 0 Å². The number of carbonyl (C=O) groups is 1. The summed E-state index contributed by atoms with van der Waals surface area (Å²) >= 11 is 0. The highest BCUT2D eigenvalue weighted by atomic mass is 19.4. The highest BCUT2D eigenvalue weighted by molar-refractivity contribution is 5.95. The summed E-state index contributed by atoms with van der Waals surface area (Å²) in [6.07, 6.45) is -1.25. The standard InChI is InChI=1S/C20H22F3N3O2/c1-12-10-25(11-13(2)28-12)19(27)17-9-24-26(18(17)14-6-7-14)16-5-3-4-15(8-16)20(21,22)23/h3-5,8-9,12-14H,6-7,10-11H2,1-2H3. The molecule has 5 nitrogen and oxygen atoms in total. The smallest absolute Gasteiger partial charge is 0.372 e. The number of hydrogen-bond donors (Lipinski definition) is 0. The molecule has 1 saturated carbocycles. The van der Waals surface area contributed by atoms with E-state index in [9.17, 15) is 18.0 Å². The van der Waals surface area contributed by atoms with Crippen LogP contribution < -0.4 is 0 Å². The molecule has 1 saturated heterocycles. The number of ether oxygens (including phenoxy) is 1. The molecule has 2 atom stereocenters. The molecule has 0 spiro atoms. The molecule has 28 heavy (non-hydrogen) atoms. The van der Waals surface area contributed by atoms with E-state index < -0.39 is 11.7 Å². The van der Waals surface area contributed by atoms with E-state index in [-0.39, 0.29) is 24.0 Å². The molecule has 1 aromatic heterocycles. The van der Waals surface area contributed by atoms with Crippen molar-refractivity contribution in [3.8, 4) is 5.69 Å². The summed E-state index contributed by atoms with van der Waals surface area (Å²) in [7, 11) is 0. The maximum Gasteiger partial charge on any atom is 0.416 e. The molecule has 1 aliphatic carbocycles. The summed E-state index contributed by atoms with van der Waals surface area (Å²) in [6.45, 7) is 4.82. The van der Waals surface area contributed by atoms with Gasteiger partial charge in [-0.3, -0.25) is 4.79 Å². The van der Waals surface area contributed by atoms with Gasteiger partial charge in [0.05, 0.1) is 40.9 Å². The summed E-state index contributed by atoms with van der Waals surface area (Å²) in [5.74, 6) is 0.00834. The molecule has 8 heteroatoms. The van der Waals surface area contributed by atoms with Gasteiger partial charge in [-0.15, -0.1) is 0 Å². The van der Waals surface area contributed by atoms with Crippen molar-refractivity contribution in [2.45, 2.75) is 51.0 Å². The molecule has 2 aromatic rings. The Labute approximate surface area is 161 Å². The van der Waals surface area contributed by atoms with Gasteiger partial charge in [-0.2, -0.15) is 18.3 Å². The lowest BCUT2D eigenvalue weighted by molar-refractivity contribution is -0.137. The summed E-state index contributed by atoms with van der Waals surface area (Å²) in [6, 6.07) is 5.06. The van der Waals surface area contributed by atoms with Gasteiger partial charge in [0.15, 0.2) is 0 Å². The first-order chi connectivity index (χ1) is 13.2. The predicted octanol–water partition coefficient (Wildman–Crippen LogP) is 4.02. The molecular weight excluding hydrogens is 371 g/mol. The van der Waals surface area contributed by atoms with E-state index in [0.717, 1.165) is 25.0 Å². The second-order valence-corrected chi connectivity index (χ2v) is 7.65. The zero-order chi connectivity index (χ0) is 20.1. The molecule has 1 aromatic carbocycles. The molecule has 150 valence electrons. The summed E-state index contributed by atoms with van der Waals surface area (Å²) in [5.41, 5.74) is 0.766. The average Bonchev–Trinajstić information content (AvgIpc) is 3.37. The van der Waals surface area contributed by atoms with Crippen LogP contribution in [0.1, 0.15) is 54.2 Å². The number of aromatic nitrogens is 2. The van der Waals surface area contributed by atoms with Crippen LogP contribution in [0.4, 0.5) is 13.2 Å². The fourth-order valence-corrected chi connectivity index (χ4v) is 3.81. The van der Waals surface area contributed by atoms with Gasteiger partial charge in [0.1, 0.15) is 0 Å². The third-order valence-corrected chi connectivity index (χ3v) is 5.13. The molecular formula is C20H22F3N3O2. The average molecular weight is 393 g/mol. The third-order valence-electron chi connectivity index (χ3n) is 5.13. The quantitative estimate of drug-likeness (QED) is 0.792. The van der Waals surface area contributed by atoms with Crippen LogP contribution in [-0.4, -0.2) is 45.9 Å². The van der Waals surface area contributed by atoms with E-state index in [4.69, 9.17) is 4.74 Å². The zero-order valence-corrected chi connectivity index (χ0v) is 15.7. The van der Waals surface area contributed by atoms with Gasteiger partial charge >= 0.3 is 6.18 Å². The third kappa shape index (κ3) is 3.65. The van der Waals surface area contributed by atoms with Gasteiger partial charge < -0.3 is 9.64 Å². The Morgan fingerprint density at radius 3 is 2.46 bits per heavy atom. The van der Waals surface area contributed by atoms with Crippen molar-refractivity contribution in [2.24, 2.45) is 0 Å². The first kappa shape index (κ1) is 19.0. The summed E-state index contributed by atoms with van der Waals surface area (Å²) < 4.78 is 46.5. The number of carbonyl (C=O) groups excluding carboxylic acids is 1. The van der Waals surface area contributed by atoms with E-state index in [1.54, 1.807) is 11.0 Å². The summed E-state index contributed by atoms with van der Waals surface area (Å²) in [4.78, 5) is 14.9. The largest absolute Gasteiger partial charge is 0.416 e. The Hall–Kier alpha value is -2.35. The molecule has 0 bridgehead atoms. The topological polar surface area (TPSA) is 47.4 Å². The van der Waals surface area contributed by atoms with Gasteiger partial charge in [-0.25, -0.2) is 4.68 Å². The molecule has 2 aliphatic rings. The van der Waals surface area contributed by atoms with Crippen LogP contribution >= 0.6 is 0 Å². The van der Waals surface area contributed by atoms with E-state index in [1.807, 2.05) is 13.8 Å². The number of amides is 1. The number of halogens is 3. The maximum absolute atomic E-state index is 13.2. The normalized spacial score (nSPS) is 23.1. The van der Waals surface area contributed by atoms with Crippen molar-refractivity contribution >= 4 is 5.91 Å². The Morgan fingerprint density at radius 1 is 1.18 bits per heavy atom. The maximum atomic E-state index is 13.2. The van der Waals surface area contributed by atoms with Gasteiger partial charge in [0.2, 0.25) is 0 Å². The van der Waals surface area contributed by atoms with E-state index in [0.29, 0.717) is 30.0 Å². The summed E-state index contributed by atoms with van der Waals surface area (Å²) in [5, 5.41) is 4.30. The minimum Gasteiger partial charge on any atom is -0.372 e. The van der Waals surface area contributed by atoms with Crippen LogP contribution in [0.15, 0.2) is 30.5 Å². The Balaban J connectivity index is 1.70. The van der Waals surface area contributed by atoms with Crippen molar-refractivity contribution in [1.29, 1.82) is 0 Å². The molecule has 1 amide bonds. The number of alkyl halides is 3. The van der Waals surface area contributed by atoms with Gasteiger partial charge in [-0.05, 0) is 44.9 Å². The van der Waals surface area contributed by atoms with Crippen molar-refractivity contribution in [2.75, 3.05) is 13.1 Å². The molecule has 2 heterocycles. The Morgan fingerprint density at radius 2 is 1.86 bits per heavy atom. The fourth-order valence-electron chi connectivity index (χ4n) is 3.81. The number of morpholine rings is 1. The number of nitrogens with zero attached hydrogens (tertiary/aromatic N) is 3. The number of rotatable bonds is 3. The predicted molar refractivity (Wildman–Crippen MR) is 96.5 cm³/mol. The van der Waals surface area contributed by atoms with Crippen LogP contribution in [0.25, 0.3) is 5.69 Å². The lowest BCUT2D eigenvalue weighted by Crippen LogP contribution is -2.48. The van der Waals surface area contributed by atoms with Crippen LogP contribution in [0.2, 0.25) is 0 Å². The Kier molecular flexibility index (Phi) is 4.69. The van der Waals surface area contributed by atoms with E-state index in [1.165, 1.54) is 16.9 Å². The minimum absolute atomic E-state index is 0.0596. The lowest BCUT2D eigenvalue weighted by Gasteiger charge is -2.35. The highest BCUT2D eigenvalue weighted by Crippen LogP contribution is 2.43. The first-order valence-corrected chi connectivity index (χ1v) is 9.44. The SMILES string of the molecule is CC1CN(C(=O)c2cnn(-c3cccc(C(F)(F)F)c3)c2C2CC2)CC(C)O1. The van der Waals surface area contributed by atoms with Gasteiger partial charge in [0, 0.05) is 19.0 Å². The van der Waals surface area contributed by atoms with Gasteiger partial charge in [-0.1, -0.05) is 6.07 Å². The molecule has 4 rings (SSSR count). The van der Waals surface area contributed by atoms with Crippen molar-refractivity contribution in [1.82, 2.24) is 14.7 Å². The second kappa shape index (κ2) is 6.92. The highest BCUT2D eigenvalue weighted by Gasteiger charge is 2.36. The number of hydrogen-bond acceptors (Lipinski definition) is 3. The van der Waals surface area contributed by atoms with Crippen molar-refractivity contribution < 1.29 is 22.7 Å². The van der Waals surface area contributed by atoms with Crippen LogP contribution in [0.3, 0.4) is 0 Å². The zero-order valence-electron chi connectivity index (χ0n) is 15.7. The van der Waals surface area contributed by atoms with Crippen LogP contribution in [0, 0.1) is 0 Å². The lowest BCUT2D eigenvalue weighted by atomic mass is 10.1. The van der Waals surface area contributed by atoms with E-state index >= 15 is 0 Å². The van der Waals surface area contributed by atoms with Crippen molar-refractivity contribution in [3.05, 3.63) is 47.3 Å². The Bertz CT molecular complexity index is 879. The molecule has 2 unspecified atom stereocenters. The molecule has 2 fully saturated rings. The second-order valence-electron chi connectivity index (χ2n) is 7.65. The van der Waals surface area contributed by atoms with Crippen LogP contribution in [0.5, 0.6) is 0 Å². The molecule has 0 N–H and O–H groups in total. The number of benzene rings is 1. The monoisotopic (exact) mass is 393 g/mol. The minimum atomic E-state index is -4.43. The molecule has 0 radical (unpaired) electrons. The van der Waals surface area contributed by atoms with Crippen LogP contribution in [-0.2, 0) is 10.9 Å². The first-order valence-electron chi connectivity index (χ1n) is 9.44.